The van der Waals surface area contributed by atoms with E-state index in [1.54, 1.807) is 25.3 Å². The summed E-state index contributed by atoms with van der Waals surface area (Å²) in [6.07, 6.45) is 1.01. The van der Waals surface area contributed by atoms with E-state index in [1.807, 2.05) is 19.9 Å². The summed E-state index contributed by atoms with van der Waals surface area (Å²) in [4.78, 5) is 14.4. The van der Waals surface area contributed by atoms with Crippen LogP contribution in [0.1, 0.15) is 19.5 Å². The van der Waals surface area contributed by atoms with Gasteiger partial charge in [0.1, 0.15) is 6.23 Å². The lowest BCUT2D eigenvalue weighted by molar-refractivity contribution is 0.109. The fourth-order valence-corrected chi connectivity index (χ4v) is 4.82. The van der Waals surface area contributed by atoms with Crippen LogP contribution in [0, 0.1) is 6.92 Å². The second-order valence-electron chi connectivity index (χ2n) is 6.38. The molecule has 0 saturated heterocycles. The lowest BCUT2D eigenvalue weighted by atomic mass is 10.3. The average Bonchev–Trinajstić information content (AvgIpc) is 3.08. The Bertz CT molecular complexity index is 1120. The fraction of sp³-hybridized carbons (Fsp3) is 0.316. The Balaban J connectivity index is 1.83. The van der Waals surface area contributed by atoms with Crippen LogP contribution in [0.5, 0.6) is 0 Å². The van der Waals surface area contributed by atoms with Crippen LogP contribution in [0.2, 0.25) is 0 Å². The number of rotatable bonds is 9. The highest BCUT2D eigenvalue weighted by Crippen LogP contribution is 2.32. The zero-order valence-corrected chi connectivity index (χ0v) is 18.8. The Hall–Kier alpha value is -2.60. The first-order chi connectivity index (χ1) is 14.3. The first kappa shape index (κ1) is 22.1. The maximum Gasteiger partial charge on any atom is 0.242 e. The minimum atomic E-state index is -3.72. The highest BCUT2D eigenvalue weighted by Gasteiger charge is 2.18. The van der Waals surface area contributed by atoms with Crippen molar-refractivity contribution in [3.63, 3.8) is 0 Å². The van der Waals surface area contributed by atoms with E-state index in [4.69, 9.17) is 4.74 Å². The standard InChI is InChI=1S/C19H24N6O3S2/c1-5-20-19-22-12(2)17(29-19)16-9-10-21-18(24-16)23-14-7-6-8-15(11-14)30(26,27)25-13(3)28-4/h6-11,13,25H,5H2,1-4H3,(H,20,22)(H,21,23,24). The lowest BCUT2D eigenvalue weighted by Crippen LogP contribution is -2.33. The predicted molar refractivity (Wildman–Crippen MR) is 119 cm³/mol. The summed E-state index contributed by atoms with van der Waals surface area (Å²) in [6.45, 7) is 6.36. The van der Waals surface area contributed by atoms with Crippen LogP contribution >= 0.6 is 11.3 Å². The van der Waals surface area contributed by atoms with E-state index in [9.17, 15) is 8.42 Å². The zero-order valence-electron chi connectivity index (χ0n) is 17.1. The Kier molecular flexibility index (Phi) is 6.98. The van der Waals surface area contributed by atoms with E-state index in [-0.39, 0.29) is 4.90 Å². The fourth-order valence-electron chi connectivity index (χ4n) is 2.61. The van der Waals surface area contributed by atoms with Gasteiger partial charge in [-0.25, -0.2) is 23.4 Å². The molecule has 0 aliphatic heterocycles. The van der Waals surface area contributed by atoms with E-state index in [0.29, 0.717) is 11.6 Å². The van der Waals surface area contributed by atoms with Crippen molar-refractivity contribution in [1.29, 1.82) is 0 Å². The van der Waals surface area contributed by atoms with Gasteiger partial charge in [0.25, 0.3) is 0 Å². The average molecular weight is 449 g/mol. The van der Waals surface area contributed by atoms with Crippen molar-refractivity contribution in [2.75, 3.05) is 24.3 Å². The molecule has 0 aliphatic carbocycles. The molecule has 0 bridgehead atoms. The van der Waals surface area contributed by atoms with Gasteiger partial charge in [0.15, 0.2) is 5.13 Å². The summed E-state index contributed by atoms with van der Waals surface area (Å²) < 4.78 is 32.4. The molecule has 3 rings (SSSR count). The van der Waals surface area contributed by atoms with Crippen molar-refractivity contribution >= 4 is 38.1 Å². The Morgan fingerprint density at radius 2 is 2.03 bits per heavy atom. The largest absolute Gasteiger partial charge is 0.366 e. The monoisotopic (exact) mass is 448 g/mol. The van der Waals surface area contributed by atoms with Gasteiger partial charge in [0, 0.05) is 25.5 Å². The number of thiazole rings is 1. The van der Waals surface area contributed by atoms with E-state index in [0.717, 1.165) is 27.9 Å². The van der Waals surface area contributed by atoms with Crippen LogP contribution < -0.4 is 15.4 Å². The molecular formula is C19H24N6O3S2. The maximum absolute atomic E-state index is 12.5. The maximum atomic E-state index is 12.5. The number of hydrogen-bond acceptors (Lipinski definition) is 9. The summed E-state index contributed by atoms with van der Waals surface area (Å²) in [5.41, 5.74) is 2.17. The summed E-state index contributed by atoms with van der Waals surface area (Å²) >= 11 is 1.53. The Morgan fingerprint density at radius 1 is 1.23 bits per heavy atom. The molecule has 160 valence electrons. The molecule has 30 heavy (non-hydrogen) atoms. The van der Waals surface area contributed by atoms with Gasteiger partial charge < -0.3 is 15.4 Å². The molecule has 2 heterocycles. The van der Waals surface area contributed by atoms with Gasteiger partial charge in [-0.05, 0) is 45.0 Å². The number of methoxy groups -OCH3 is 1. The first-order valence-electron chi connectivity index (χ1n) is 9.29. The summed E-state index contributed by atoms with van der Waals surface area (Å²) in [6, 6.07) is 8.24. The molecule has 1 unspecified atom stereocenters. The normalized spacial score (nSPS) is 12.5. The molecule has 0 fully saturated rings. The van der Waals surface area contributed by atoms with Gasteiger partial charge in [-0.3, -0.25) is 0 Å². The molecule has 0 radical (unpaired) electrons. The molecule has 0 spiro atoms. The predicted octanol–water partition coefficient (Wildman–Crippen LogP) is 3.35. The third-order valence-electron chi connectivity index (χ3n) is 4.09. The molecule has 2 aromatic heterocycles. The third kappa shape index (κ3) is 5.30. The van der Waals surface area contributed by atoms with Crippen LogP contribution in [-0.2, 0) is 14.8 Å². The van der Waals surface area contributed by atoms with Crippen LogP contribution in [0.3, 0.4) is 0 Å². The van der Waals surface area contributed by atoms with Gasteiger partial charge in [-0.2, -0.15) is 4.72 Å². The quantitative estimate of drug-likeness (QED) is 0.427. The van der Waals surface area contributed by atoms with Gasteiger partial charge >= 0.3 is 0 Å². The molecule has 0 aliphatic rings. The number of benzene rings is 1. The van der Waals surface area contributed by atoms with Crippen LogP contribution in [0.4, 0.5) is 16.8 Å². The smallest absolute Gasteiger partial charge is 0.242 e. The van der Waals surface area contributed by atoms with Crippen molar-refractivity contribution in [2.24, 2.45) is 0 Å². The van der Waals surface area contributed by atoms with Gasteiger partial charge in [-0.15, -0.1) is 0 Å². The molecule has 3 aromatic rings. The highest BCUT2D eigenvalue weighted by molar-refractivity contribution is 7.89. The van der Waals surface area contributed by atoms with E-state index in [1.165, 1.54) is 30.6 Å². The second kappa shape index (κ2) is 9.47. The number of sulfonamides is 1. The number of hydrogen-bond donors (Lipinski definition) is 3. The zero-order chi connectivity index (χ0) is 21.7. The van der Waals surface area contributed by atoms with Gasteiger partial charge in [0.05, 0.1) is 21.2 Å². The van der Waals surface area contributed by atoms with Gasteiger partial charge in [0.2, 0.25) is 16.0 Å². The molecule has 0 saturated carbocycles. The van der Waals surface area contributed by atoms with E-state index < -0.39 is 16.3 Å². The third-order valence-corrected chi connectivity index (χ3v) is 6.74. The molecule has 9 nitrogen and oxygen atoms in total. The highest BCUT2D eigenvalue weighted by atomic mass is 32.2. The first-order valence-corrected chi connectivity index (χ1v) is 11.6. The summed E-state index contributed by atoms with van der Waals surface area (Å²) in [5, 5.41) is 7.12. The van der Waals surface area contributed by atoms with Crippen molar-refractivity contribution in [1.82, 2.24) is 19.7 Å². The van der Waals surface area contributed by atoms with Crippen LogP contribution in [0.15, 0.2) is 41.4 Å². The van der Waals surface area contributed by atoms with Crippen molar-refractivity contribution in [3.05, 3.63) is 42.2 Å². The van der Waals surface area contributed by atoms with E-state index in [2.05, 4.69) is 30.3 Å². The Labute approximate surface area is 180 Å². The van der Waals surface area contributed by atoms with Crippen LogP contribution in [-0.4, -0.2) is 43.3 Å². The molecule has 11 heteroatoms. The van der Waals surface area contributed by atoms with Crippen molar-refractivity contribution in [2.45, 2.75) is 31.9 Å². The molecule has 1 atom stereocenters. The second-order valence-corrected chi connectivity index (χ2v) is 9.09. The number of nitrogens with one attached hydrogen (secondary N) is 3. The topological polar surface area (TPSA) is 118 Å². The minimum Gasteiger partial charge on any atom is -0.366 e. The number of nitrogens with zero attached hydrogens (tertiary/aromatic N) is 3. The number of aromatic nitrogens is 3. The van der Waals surface area contributed by atoms with Crippen molar-refractivity contribution < 1.29 is 13.2 Å². The molecule has 1 aromatic carbocycles. The summed E-state index contributed by atoms with van der Waals surface area (Å²) in [7, 11) is -2.28. The van der Waals surface area contributed by atoms with Crippen LogP contribution in [0.25, 0.3) is 10.6 Å². The molecular weight excluding hydrogens is 424 g/mol. The SMILES string of the molecule is CCNc1nc(C)c(-c2ccnc(Nc3cccc(S(=O)(=O)NC(C)OC)c3)n2)s1. The van der Waals surface area contributed by atoms with E-state index >= 15 is 0 Å². The van der Waals surface area contributed by atoms with Gasteiger partial charge in [-0.1, -0.05) is 17.4 Å². The van der Waals surface area contributed by atoms with Crippen molar-refractivity contribution in [3.8, 4) is 10.6 Å². The number of aryl methyl sites for hydroxylation is 1. The summed E-state index contributed by atoms with van der Waals surface area (Å²) in [5.74, 6) is 0.359. The molecule has 3 N–H and O–H groups in total. The number of ether oxygens (including phenoxy) is 1. The molecule has 0 amide bonds. The lowest BCUT2D eigenvalue weighted by Gasteiger charge is -2.13. The minimum absolute atomic E-state index is 0.112. The Morgan fingerprint density at radius 3 is 2.77 bits per heavy atom. The number of anilines is 3.